The zero-order chi connectivity index (χ0) is 22.8. The molecule has 0 spiro atoms. The van der Waals surface area contributed by atoms with Crippen molar-refractivity contribution in [3.05, 3.63) is 143 Å². The first-order valence-corrected chi connectivity index (χ1v) is 10.8. The Morgan fingerprint density at radius 3 is 1.64 bits per heavy atom. The van der Waals surface area contributed by atoms with Crippen molar-refractivity contribution in [2.24, 2.45) is 0 Å². The number of halogens is 2. The molecule has 1 heterocycles. The third-order valence-electron chi connectivity index (χ3n) is 6.24. The van der Waals surface area contributed by atoms with E-state index >= 15 is 0 Å². The van der Waals surface area contributed by atoms with Crippen LogP contribution in [0.3, 0.4) is 0 Å². The average molecular weight is 440 g/mol. The lowest BCUT2D eigenvalue weighted by Crippen LogP contribution is -2.50. The van der Waals surface area contributed by atoms with E-state index in [-0.39, 0.29) is 12.6 Å². The number of hydrogen-bond donors (Lipinski definition) is 1. The van der Waals surface area contributed by atoms with Crippen LogP contribution in [-0.2, 0) is 5.54 Å². The van der Waals surface area contributed by atoms with E-state index in [4.69, 9.17) is 0 Å². The van der Waals surface area contributed by atoms with E-state index in [9.17, 15) is 13.6 Å². The van der Waals surface area contributed by atoms with Crippen LogP contribution in [0.2, 0.25) is 0 Å². The summed E-state index contributed by atoms with van der Waals surface area (Å²) in [6.07, 6.45) is 0. The highest BCUT2D eigenvalue weighted by Crippen LogP contribution is 2.47. The molecular formula is C28H22F2N2O. The van der Waals surface area contributed by atoms with Crippen LogP contribution < -0.4 is 5.32 Å². The molecule has 1 fully saturated rings. The van der Waals surface area contributed by atoms with Crippen LogP contribution in [0.15, 0.2) is 109 Å². The third kappa shape index (κ3) is 3.46. The summed E-state index contributed by atoms with van der Waals surface area (Å²) in [5, 5.41) is 2.94. The van der Waals surface area contributed by atoms with Gasteiger partial charge in [0.15, 0.2) is 11.6 Å². The summed E-state index contributed by atoms with van der Waals surface area (Å²) in [6.45, 7) is 0.276. The monoisotopic (exact) mass is 440 g/mol. The fraction of sp³-hybridized carbons (Fsp3) is 0.107. The Kier molecular flexibility index (Phi) is 5.38. The lowest BCUT2D eigenvalue weighted by molar-refractivity contribution is 0.153. The molecule has 164 valence electrons. The summed E-state index contributed by atoms with van der Waals surface area (Å²) in [4.78, 5) is 15.3. The predicted octanol–water partition coefficient (Wildman–Crippen LogP) is 6.02. The molecular weight excluding hydrogens is 418 g/mol. The van der Waals surface area contributed by atoms with E-state index in [2.05, 4.69) is 5.32 Å². The molecule has 5 heteroatoms. The molecule has 5 rings (SSSR count). The molecule has 4 aromatic rings. The first-order chi connectivity index (χ1) is 16.1. The largest absolute Gasteiger partial charge is 0.336 e. The van der Waals surface area contributed by atoms with Crippen molar-refractivity contribution >= 4 is 6.03 Å². The number of benzene rings is 4. The van der Waals surface area contributed by atoms with Crippen molar-refractivity contribution in [1.82, 2.24) is 10.2 Å². The minimum Gasteiger partial charge on any atom is -0.336 e. The molecule has 1 N–H and O–H groups in total. The second kappa shape index (κ2) is 8.51. The van der Waals surface area contributed by atoms with Crippen LogP contribution in [0, 0.1) is 11.6 Å². The molecule has 1 aliphatic rings. The summed E-state index contributed by atoms with van der Waals surface area (Å²) in [6, 6.07) is 32.4. The maximum Gasteiger partial charge on any atom is 0.319 e. The second-order valence-corrected chi connectivity index (χ2v) is 8.05. The summed E-state index contributed by atoms with van der Waals surface area (Å²) < 4.78 is 27.9. The van der Waals surface area contributed by atoms with Gasteiger partial charge >= 0.3 is 6.03 Å². The van der Waals surface area contributed by atoms with Crippen LogP contribution in [-0.4, -0.2) is 17.5 Å². The van der Waals surface area contributed by atoms with Gasteiger partial charge in [-0.15, -0.1) is 0 Å². The van der Waals surface area contributed by atoms with Gasteiger partial charge in [-0.3, -0.25) is 4.90 Å². The zero-order valence-corrected chi connectivity index (χ0v) is 17.8. The summed E-state index contributed by atoms with van der Waals surface area (Å²) in [5.74, 6) is -1.85. The number of carbonyl (C=O) groups is 1. The van der Waals surface area contributed by atoms with Crippen LogP contribution in [0.25, 0.3) is 0 Å². The van der Waals surface area contributed by atoms with Crippen molar-refractivity contribution in [3.8, 4) is 0 Å². The second-order valence-electron chi connectivity index (χ2n) is 8.05. The molecule has 1 unspecified atom stereocenters. The molecule has 0 bridgehead atoms. The molecule has 1 saturated heterocycles. The quantitative estimate of drug-likeness (QED) is 0.378. The number of rotatable bonds is 5. The molecule has 3 nitrogen and oxygen atoms in total. The smallest absolute Gasteiger partial charge is 0.319 e. The molecule has 0 radical (unpaired) electrons. The fourth-order valence-corrected chi connectivity index (χ4v) is 4.83. The zero-order valence-electron chi connectivity index (χ0n) is 17.8. The lowest BCUT2D eigenvalue weighted by atomic mass is 9.74. The van der Waals surface area contributed by atoms with E-state index in [1.807, 2.05) is 91.0 Å². The van der Waals surface area contributed by atoms with Gasteiger partial charge in [-0.05, 0) is 34.4 Å². The van der Waals surface area contributed by atoms with Crippen molar-refractivity contribution < 1.29 is 13.6 Å². The highest BCUT2D eigenvalue weighted by atomic mass is 19.2. The Balaban J connectivity index is 1.83. The van der Waals surface area contributed by atoms with E-state index in [1.165, 1.54) is 6.07 Å². The van der Waals surface area contributed by atoms with Gasteiger partial charge < -0.3 is 5.32 Å². The summed E-state index contributed by atoms with van der Waals surface area (Å²) >= 11 is 0. The van der Waals surface area contributed by atoms with Gasteiger partial charge in [0.25, 0.3) is 0 Å². The van der Waals surface area contributed by atoms with E-state index in [0.717, 1.165) is 22.8 Å². The first-order valence-electron chi connectivity index (χ1n) is 10.8. The first kappa shape index (κ1) is 20.9. The van der Waals surface area contributed by atoms with Gasteiger partial charge in [-0.2, -0.15) is 0 Å². The highest BCUT2D eigenvalue weighted by Gasteiger charge is 2.50. The average Bonchev–Trinajstić information content (AvgIpc) is 3.25. The van der Waals surface area contributed by atoms with Crippen LogP contribution in [0.5, 0.6) is 0 Å². The van der Waals surface area contributed by atoms with Crippen molar-refractivity contribution in [2.75, 3.05) is 6.54 Å². The molecule has 0 saturated carbocycles. The highest BCUT2D eigenvalue weighted by molar-refractivity contribution is 5.80. The molecule has 4 aromatic carbocycles. The SMILES string of the molecule is O=C1NCC(c2ccc(F)c(F)c2)N1C(c1ccccc1)(c1ccccc1)c1ccccc1. The van der Waals surface area contributed by atoms with Gasteiger partial charge in [-0.1, -0.05) is 97.1 Å². The van der Waals surface area contributed by atoms with Gasteiger partial charge in [-0.25, -0.2) is 13.6 Å². The molecule has 0 aliphatic carbocycles. The normalized spacial score (nSPS) is 16.0. The van der Waals surface area contributed by atoms with Gasteiger partial charge in [0.2, 0.25) is 0 Å². The van der Waals surface area contributed by atoms with E-state index in [1.54, 1.807) is 11.0 Å². The van der Waals surface area contributed by atoms with Crippen molar-refractivity contribution in [2.45, 2.75) is 11.6 Å². The molecule has 1 atom stereocenters. The Labute approximate surface area is 191 Å². The van der Waals surface area contributed by atoms with Gasteiger partial charge in [0.1, 0.15) is 5.54 Å². The number of urea groups is 1. The molecule has 33 heavy (non-hydrogen) atoms. The predicted molar refractivity (Wildman–Crippen MR) is 124 cm³/mol. The summed E-state index contributed by atoms with van der Waals surface area (Å²) in [7, 11) is 0. The Hall–Kier alpha value is -3.99. The van der Waals surface area contributed by atoms with E-state index < -0.39 is 23.2 Å². The fourth-order valence-electron chi connectivity index (χ4n) is 4.83. The number of carbonyl (C=O) groups excluding carboxylic acids is 1. The van der Waals surface area contributed by atoms with Crippen molar-refractivity contribution in [3.63, 3.8) is 0 Å². The Morgan fingerprint density at radius 1 is 0.697 bits per heavy atom. The maximum atomic E-state index is 14.2. The van der Waals surface area contributed by atoms with Crippen LogP contribution in [0.1, 0.15) is 28.3 Å². The maximum absolute atomic E-state index is 14.2. The van der Waals surface area contributed by atoms with Gasteiger partial charge in [0, 0.05) is 6.54 Å². The third-order valence-corrected chi connectivity index (χ3v) is 6.24. The number of nitrogens with zero attached hydrogens (tertiary/aromatic N) is 1. The number of nitrogens with one attached hydrogen (secondary N) is 1. The minimum absolute atomic E-state index is 0.276. The lowest BCUT2D eigenvalue weighted by Gasteiger charge is -2.45. The number of hydrogen-bond acceptors (Lipinski definition) is 1. The van der Waals surface area contributed by atoms with Gasteiger partial charge in [0.05, 0.1) is 6.04 Å². The van der Waals surface area contributed by atoms with E-state index in [0.29, 0.717) is 5.56 Å². The van der Waals surface area contributed by atoms with Crippen molar-refractivity contribution in [1.29, 1.82) is 0 Å². The van der Waals surface area contributed by atoms with Crippen LogP contribution >= 0.6 is 0 Å². The Bertz CT molecular complexity index is 1170. The molecule has 0 aromatic heterocycles. The minimum atomic E-state index is -1.00. The standard InChI is InChI=1S/C28H22F2N2O/c29-24-17-16-20(18-25(24)30)26-19-31-27(33)32(26)28(21-10-4-1-5-11-21,22-12-6-2-7-13-22)23-14-8-3-9-15-23/h1-18,26H,19H2,(H,31,33). The number of amides is 2. The summed E-state index contributed by atoms with van der Waals surface area (Å²) in [5.41, 5.74) is 2.21. The molecule has 2 amide bonds. The molecule has 1 aliphatic heterocycles. The Morgan fingerprint density at radius 2 is 1.18 bits per heavy atom. The van der Waals surface area contributed by atoms with Crippen LogP contribution in [0.4, 0.5) is 13.6 Å². The topological polar surface area (TPSA) is 32.3 Å².